The average Bonchev–Trinajstić information content (AvgIpc) is 2.34. The van der Waals surface area contributed by atoms with Gasteiger partial charge in [0, 0.05) is 5.56 Å². The first kappa shape index (κ1) is 13.6. The van der Waals surface area contributed by atoms with Gasteiger partial charge in [0.2, 0.25) is 5.95 Å². The molecule has 0 aliphatic heterocycles. The Balaban J connectivity index is 2.58. The van der Waals surface area contributed by atoms with Gasteiger partial charge in [0.25, 0.3) is 0 Å². The molecule has 0 radical (unpaired) electrons. The van der Waals surface area contributed by atoms with Crippen molar-refractivity contribution in [2.45, 2.75) is 6.61 Å². The van der Waals surface area contributed by atoms with Crippen molar-refractivity contribution in [2.24, 2.45) is 0 Å². The fourth-order valence-electron chi connectivity index (χ4n) is 1.49. The highest BCUT2D eigenvalue weighted by Gasteiger charge is 2.10. The number of aliphatic hydroxyl groups is 1. The summed E-state index contributed by atoms with van der Waals surface area (Å²) in [7, 11) is 0. The van der Waals surface area contributed by atoms with Crippen LogP contribution in [0.3, 0.4) is 0 Å². The lowest BCUT2D eigenvalue weighted by Crippen LogP contribution is -1.93. The predicted molar refractivity (Wildman–Crippen MR) is 70.6 cm³/mol. The molecule has 18 heavy (non-hydrogen) atoms. The Bertz CT molecular complexity index is 581. The van der Waals surface area contributed by atoms with Gasteiger partial charge in [-0.25, -0.2) is 4.98 Å². The molecule has 0 fully saturated rings. The molecule has 0 saturated heterocycles. The molecule has 2 aromatic rings. The van der Waals surface area contributed by atoms with E-state index in [1.807, 2.05) is 0 Å². The van der Waals surface area contributed by atoms with Crippen LogP contribution in [-0.4, -0.2) is 10.1 Å². The topological polar surface area (TPSA) is 33.1 Å². The molecule has 0 spiro atoms. The highest BCUT2D eigenvalue weighted by Crippen LogP contribution is 2.34. The molecule has 94 valence electrons. The lowest BCUT2D eigenvalue weighted by molar-refractivity contribution is 0.281. The smallest absolute Gasteiger partial charge is 0.213 e. The number of halogens is 4. The SMILES string of the molecule is OCc1cc(F)nc(-c2cc(Cl)c(Cl)c(Cl)c2)c1. The number of aliphatic hydroxyl groups excluding tert-OH is 1. The first-order chi connectivity index (χ1) is 8.51. The van der Waals surface area contributed by atoms with Crippen LogP contribution in [0.4, 0.5) is 4.39 Å². The summed E-state index contributed by atoms with van der Waals surface area (Å²) in [6.07, 6.45) is 0. The summed E-state index contributed by atoms with van der Waals surface area (Å²) in [6.45, 7) is -0.276. The normalized spacial score (nSPS) is 10.7. The quantitative estimate of drug-likeness (QED) is 0.661. The number of rotatable bonds is 2. The monoisotopic (exact) mass is 305 g/mol. The summed E-state index contributed by atoms with van der Waals surface area (Å²) in [5.74, 6) is -0.682. The van der Waals surface area contributed by atoms with E-state index in [9.17, 15) is 4.39 Å². The summed E-state index contributed by atoms with van der Waals surface area (Å²) >= 11 is 17.6. The van der Waals surface area contributed by atoms with Crippen molar-refractivity contribution in [3.63, 3.8) is 0 Å². The minimum absolute atomic E-state index is 0.237. The summed E-state index contributed by atoms with van der Waals surface area (Å²) in [4.78, 5) is 3.73. The van der Waals surface area contributed by atoms with Crippen LogP contribution in [0.1, 0.15) is 5.56 Å². The maximum atomic E-state index is 13.3. The molecule has 0 unspecified atom stereocenters. The molecule has 2 rings (SSSR count). The molecule has 0 aliphatic carbocycles. The Morgan fingerprint density at radius 1 is 1.06 bits per heavy atom. The first-order valence-corrected chi connectivity index (χ1v) is 6.07. The third-order valence-corrected chi connectivity index (χ3v) is 3.51. The van der Waals surface area contributed by atoms with Crippen LogP contribution in [0.5, 0.6) is 0 Å². The second-order valence-corrected chi connectivity index (χ2v) is 4.79. The third kappa shape index (κ3) is 2.75. The molecule has 0 amide bonds. The highest BCUT2D eigenvalue weighted by molar-refractivity contribution is 6.48. The van der Waals surface area contributed by atoms with Crippen LogP contribution in [0.25, 0.3) is 11.3 Å². The standard InChI is InChI=1S/C12H7Cl3FNO/c13-8-3-7(4-9(14)12(8)15)10-1-6(5-18)2-11(16)17-10/h1-4,18H,5H2. The molecule has 1 aromatic heterocycles. The molecule has 6 heteroatoms. The van der Waals surface area contributed by atoms with Gasteiger partial charge in [-0.05, 0) is 29.8 Å². The average molecular weight is 307 g/mol. The van der Waals surface area contributed by atoms with Crippen LogP contribution < -0.4 is 0 Å². The molecular weight excluding hydrogens is 299 g/mol. The van der Waals surface area contributed by atoms with Gasteiger partial charge in [0.1, 0.15) is 0 Å². The summed E-state index contributed by atoms with van der Waals surface area (Å²) in [6, 6.07) is 5.79. The Kier molecular flexibility index (Phi) is 4.07. The molecular formula is C12H7Cl3FNO. The molecule has 1 aromatic carbocycles. The zero-order valence-corrected chi connectivity index (χ0v) is 11.2. The van der Waals surface area contributed by atoms with E-state index in [0.717, 1.165) is 6.07 Å². The fraction of sp³-hybridized carbons (Fsp3) is 0.0833. The Hall–Kier alpha value is -0.870. The van der Waals surface area contributed by atoms with Gasteiger partial charge in [0.05, 0.1) is 27.4 Å². The van der Waals surface area contributed by atoms with E-state index >= 15 is 0 Å². The first-order valence-electron chi connectivity index (χ1n) is 4.93. The second kappa shape index (κ2) is 5.41. The van der Waals surface area contributed by atoms with E-state index in [2.05, 4.69) is 4.98 Å². The van der Waals surface area contributed by atoms with Crippen molar-refractivity contribution < 1.29 is 9.50 Å². The second-order valence-electron chi connectivity index (χ2n) is 3.60. The van der Waals surface area contributed by atoms with Crippen LogP contribution in [-0.2, 0) is 6.61 Å². The van der Waals surface area contributed by atoms with Gasteiger partial charge in [0.15, 0.2) is 0 Å². The van der Waals surface area contributed by atoms with Crippen molar-refractivity contribution in [1.82, 2.24) is 4.98 Å². The van der Waals surface area contributed by atoms with E-state index in [1.165, 1.54) is 0 Å². The minimum atomic E-state index is -0.682. The van der Waals surface area contributed by atoms with Gasteiger partial charge >= 0.3 is 0 Å². The van der Waals surface area contributed by atoms with Crippen molar-refractivity contribution in [1.29, 1.82) is 0 Å². The van der Waals surface area contributed by atoms with Crippen LogP contribution in [0.15, 0.2) is 24.3 Å². The number of aromatic nitrogens is 1. The fourth-order valence-corrected chi connectivity index (χ4v) is 2.09. The Labute approximate surface area is 118 Å². The largest absolute Gasteiger partial charge is 0.392 e. The van der Waals surface area contributed by atoms with Gasteiger partial charge in [-0.15, -0.1) is 0 Å². The number of pyridine rings is 1. The van der Waals surface area contributed by atoms with E-state index in [-0.39, 0.29) is 21.7 Å². The van der Waals surface area contributed by atoms with Crippen molar-refractivity contribution >= 4 is 34.8 Å². The molecule has 1 N–H and O–H groups in total. The van der Waals surface area contributed by atoms with Gasteiger partial charge in [-0.1, -0.05) is 34.8 Å². The van der Waals surface area contributed by atoms with Crippen LogP contribution in [0.2, 0.25) is 15.1 Å². The van der Waals surface area contributed by atoms with Crippen LogP contribution in [0, 0.1) is 5.95 Å². The molecule has 1 heterocycles. The summed E-state index contributed by atoms with van der Waals surface area (Å²) in [5.41, 5.74) is 1.28. The Morgan fingerprint density at radius 3 is 2.22 bits per heavy atom. The van der Waals surface area contributed by atoms with E-state index in [1.54, 1.807) is 18.2 Å². The zero-order valence-electron chi connectivity index (χ0n) is 8.92. The van der Waals surface area contributed by atoms with Gasteiger partial charge < -0.3 is 5.11 Å². The Morgan fingerprint density at radius 2 is 1.67 bits per heavy atom. The number of hydrogen-bond acceptors (Lipinski definition) is 2. The molecule has 0 atom stereocenters. The molecule has 2 nitrogen and oxygen atoms in total. The lowest BCUT2D eigenvalue weighted by atomic mass is 10.1. The minimum Gasteiger partial charge on any atom is -0.392 e. The zero-order chi connectivity index (χ0) is 13.3. The highest BCUT2D eigenvalue weighted by atomic mass is 35.5. The van der Waals surface area contributed by atoms with Gasteiger partial charge in [-0.3, -0.25) is 0 Å². The number of benzene rings is 1. The predicted octanol–water partition coefficient (Wildman–Crippen LogP) is 4.34. The molecule has 0 saturated carbocycles. The number of nitrogens with zero attached hydrogens (tertiary/aromatic N) is 1. The summed E-state index contributed by atoms with van der Waals surface area (Å²) in [5, 5.41) is 9.78. The van der Waals surface area contributed by atoms with E-state index in [0.29, 0.717) is 16.8 Å². The molecule has 0 aliphatic rings. The van der Waals surface area contributed by atoms with Crippen molar-refractivity contribution in [3.05, 3.63) is 50.8 Å². The maximum Gasteiger partial charge on any atom is 0.213 e. The van der Waals surface area contributed by atoms with Crippen LogP contribution >= 0.6 is 34.8 Å². The molecule has 0 bridgehead atoms. The van der Waals surface area contributed by atoms with Crippen molar-refractivity contribution in [3.8, 4) is 11.3 Å². The van der Waals surface area contributed by atoms with E-state index in [4.69, 9.17) is 39.9 Å². The number of hydrogen-bond donors (Lipinski definition) is 1. The summed E-state index contributed by atoms with van der Waals surface area (Å²) < 4.78 is 13.3. The third-order valence-electron chi connectivity index (χ3n) is 2.32. The lowest BCUT2D eigenvalue weighted by Gasteiger charge is -2.06. The van der Waals surface area contributed by atoms with Gasteiger partial charge in [-0.2, -0.15) is 4.39 Å². The van der Waals surface area contributed by atoms with E-state index < -0.39 is 5.95 Å². The maximum absolute atomic E-state index is 13.3. The van der Waals surface area contributed by atoms with Crippen molar-refractivity contribution in [2.75, 3.05) is 0 Å².